The number of anilines is 1. The summed E-state index contributed by atoms with van der Waals surface area (Å²) >= 11 is 3.95. The van der Waals surface area contributed by atoms with Gasteiger partial charge in [-0.25, -0.2) is 19.3 Å². The number of hydrogen-bond donors (Lipinski definition) is 2. The number of nitrogens with one attached hydrogen (secondary N) is 1. The Morgan fingerprint density at radius 1 is 1.24 bits per heavy atom. The zero-order valence-electron chi connectivity index (χ0n) is 25.6. The fourth-order valence-electron chi connectivity index (χ4n) is 4.24. The number of β-lactam (4-membered cyclic amide) rings is 1. The minimum atomic E-state index is -1.28. The number of carbonyl (C=O) groups is 4. The average molecular weight is 684 g/mol. The molecular weight excluding hydrogens is 647 g/mol. The molecule has 0 spiro atoms. The quantitative estimate of drug-likeness (QED) is 0.118. The normalized spacial score (nSPS) is 18.5. The van der Waals surface area contributed by atoms with Crippen LogP contribution in [0.25, 0.3) is 0 Å². The number of amides is 2. The minimum absolute atomic E-state index is 0.0324. The number of nitrogens with zero attached hydrogens (tertiary/aromatic N) is 7. The molecule has 3 N–H and O–H groups in total. The highest BCUT2D eigenvalue weighted by molar-refractivity contribution is 8.01. The minimum Gasteiger partial charge on any atom is -0.434 e. The molecule has 246 valence electrons. The number of aromatic nitrogens is 5. The molecule has 0 aromatic carbocycles. The zero-order chi connectivity index (χ0) is 32.7. The number of hydrogen-bond acceptors (Lipinski definition) is 16. The van der Waals surface area contributed by atoms with E-state index in [1.165, 1.54) is 46.7 Å². The van der Waals surface area contributed by atoms with Gasteiger partial charge in [-0.15, -0.1) is 28.2 Å². The van der Waals surface area contributed by atoms with E-state index < -0.39 is 41.6 Å². The van der Waals surface area contributed by atoms with E-state index >= 15 is 0 Å². The van der Waals surface area contributed by atoms with Crippen molar-refractivity contribution in [1.29, 1.82) is 0 Å². The van der Waals surface area contributed by atoms with Gasteiger partial charge in [0.25, 0.3) is 5.91 Å². The third kappa shape index (κ3) is 9.30. The summed E-state index contributed by atoms with van der Waals surface area (Å²) in [5, 5.41) is 16.7. The van der Waals surface area contributed by atoms with Gasteiger partial charge >= 0.3 is 12.1 Å². The lowest BCUT2D eigenvalue weighted by atomic mass is 10.0. The number of esters is 1. The molecule has 0 radical (unpaired) electrons. The number of nitrogens with two attached hydrogens (primary N) is 1. The fraction of sp³-hybridized carbons (Fsp3) is 0.615. The van der Waals surface area contributed by atoms with Crippen molar-refractivity contribution in [3.63, 3.8) is 0 Å². The molecule has 1 saturated heterocycles. The van der Waals surface area contributed by atoms with Gasteiger partial charge in [-0.2, -0.15) is 0 Å². The molecular formula is C26H37N9O7S3. The van der Waals surface area contributed by atoms with Gasteiger partial charge in [0.15, 0.2) is 5.13 Å². The van der Waals surface area contributed by atoms with Crippen molar-refractivity contribution in [1.82, 2.24) is 40.3 Å². The number of nitrogen functional groups attached to an aromatic ring is 1. The molecule has 2 amide bonds. The molecule has 0 saturated carbocycles. The van der Waals surface area contributed by atoms with Crippen molar-refractivity contribution in [2.24, 2.45) is 5.92 Å². The molecule has 2 aromatic heterocycles. The van der Waals surface area contributed by atoms with Crippen LogP contribution in [0, 0.1) is 5.92 Å². The third-order valence-corrected chi connectivity index (χ3v) is 9.66. The second-order valence-corrected chi connectivity index (χ2v) is 13.8. The standard InChI is InChI=1S/C26H37N9O7S3/c1-14(2)6-9-40-26(39)42-15(3)41-23(38)20-16(12-45-25-30-31-32-34(25)8-7-33(4)5)11-43-22-19(21(37)35(20)22)29-18(36)10-17-13-44-24(27)28-17/h13-15,19,22H,6-12H2,1-5H3,(H2,27,28)(H,29,36)/t15?,19-,22-/m1/s1. The van der Waals surface area contributed by atoms with E-state index in [0.29, 0.717) is 46.2 Å². The van der Waals surface area contributed by atoms with Crippen molar-refractivity contribution in [3.8, 4) is 0 Å². The van der Waals surface area contributed by atoms with E-state index in [9.17, 15) is 19.2 Å². The first kappa shape index (κ1) is 34.5. The molecule has 3 atom stereocenters. The predicted molar refractivity (Wildman–Crippen MR) is 167 cm³/mol. The lowest BCUT2D eigenvalue weighted by Crippen LogP contribution is -2.70. The van der Waals surface area contributed by atoms with Crippen LogP contribution in [0.15, 0.2) is 21.8 Å². The van der Waals surface area contributed by atoms with Crippen LogP contribution >= 0.6 is 34.9 Å². The first-order chi connectivity index (χ1) is 21.4. The first-order valence-corrected chi connectivity index (χ1v) is 17.1. The summed E-state index contributed by atoms with van der Waals surface area (Å²) in [6.45, 7) is 6.83. The molecule has 0 aliphatic carbocycles. The van der Waals surface area contributed by atoms with E-state index in [0.717, 1.165) is 6.54 Å². The molecule has 4 rings (SSSR count). The summed E-state index contributed by atoms with van der Waals surface area (Å²) < 4.78 is 17.3. The molecule has 16 nitrogen and oxygen atoms in total. The zero-order valence-corrected chi connectivity index (χ0v) is 28.1. The number of ether oxygens (including phenoxy) is 3. The van der Waals surface area contributed by atoms with Gasteiger partial charge in [0.2, 0.25) is 17.4 Å². The SMILES string of the molecule is CC(C)CCOC(=O)OC(C)OC(=O)C1=C(CSc2nnnn2CCN(C)C)CS[C@@H]2[C@H](NC(=O)Cc3csc(N)n3)C(=O)N12. The predicted octanol–water partition coefficient (Wildman–Crippen LogP) is 1.35. The maximum Gasteiger partial charge on any atom is 0.511 e. The maximum atomic E-state index is 13.5. The highest BCUT2D eigenvalue weighted by Crippen LogP contribution is 2.42. The number of carbonyl (C=O) groups excluding carboxylic acids is 4. The second kappa shape index (κ2) is 15.7. The number of thiazole rings is 1. The van der Waals surface area contributed by atoms with Crippen molar-refractivity contribution in [2.75, 3.05) is 44.5 Å². The second-order valence-electron chi connectivity index (χ2n) is 10.9. The molecule has 1 unspecified atom stereocenters. The van der Waals surface area contributed by atoms with Gasteiger partial charge in [-0.1, -0.05) is 25.6 Å². The van der Waals surface area contributed by atoms with Crippen LogP contribution in [0.5, 0.6) is 0 Å². The Morgan fingerprint density at radius 3 is 2.71 bits per heavy atom. The van der Waals surface area contributed by atoms with Crippen LogP contribution in [0.4, 0.5) is 9.93 Å². The van der Waals surface area contributed by atoms with Crippen LogP contribution < -0.4 is 11.1 Å². The summed E-state index contributed by atoms with van der Waals surface area (Å²) in [6.07, 6.45) is -1.63. The van der Waals surface area contributed by atoms with E-state index in [1.54, 1.807) is 10.1 Å². The highest BCUT2D eigenvalue weighted by Gasteiger charge is 2.54. The Hall–Kier alpha value is -3.42. The summed E-state index contributed by atoms with van der Waals surface area (Å²) in [5.74, 6) is -0.722. The number of likely N-dealkylation sites (N-methyl/N-ethyl adjacent to an activating group) is 1. The number of tetrazole rings is 1. The smallest absolute Gasteiger partial charge is 0.434 e. The van der Waals surface area contributed by atoms with Crippen LogP contribution in [0.2, 0.25) is 0 Å². The Morgan fingerprint density at radius 2 is 2.02 bits per heavy atom. The molecule has 2 aliphatic rings. The number of fused-ring (bicyclic) bond motifs is 1. The van der Waals surface area contributed by atoms with Crippen LogP contribution in [-0.4, -0.2) is 115 Å². The molecule has 2 aromatic rings. The molecule has 45 heavy (non-hydrogen) atoms. The lowest BCUT2D eigenvalue weighted by Gasteiger charge is -2.49. The third-order valence-electron chi connectivity index (χ3n) is 6.55. The van der Waals surface area contributed by atoms with Crippen molar-refractivity contribution < 1.29 is 33.4 Å². The van der Waals surface area contributed by atoms with Gasteiger partial charge < -0.3 is 30.2 Å². The van der Waals surface area contributed by atoms with Gasteiger partial charge in [-0.05, 0) is 42.4 Å². The summed E-state index contributed by atoms with van der Waals surface area (Å²) in [7, 11) is 3.89. The van der Waals surface area contributed by atoms with Crippen LogP contribution in [0.1, 0.15) is 32.9 Å². The molecule has 0 bridgehead atoms. The number of thioether (sulfide) groups is 2. The van der Waals surface area contributed by atoms with Crippen LogP contribution in [0.3, 0.4) is 0 Å². The Balaban J connectivity index is 1.46. The van der Waals surface area contributed by atoms with E-state index in [-0.39, 0.29) is 24.5 Å². The van der Waals surface area contributed by atoms with E-state index in [2.05, 4.69) is 25.8 Å². The average Bonchev–Trinajstić information content (AvgIpc) is 3.60. The Kier molecular flexibility index (Phi) is 12.0. The largest absolute Gasteiger partial charge is 0.511 e. The fourth-order valence-corrected chi connectivity index (χ4v) is 7.19. The molecule has 4 heterocycles. The van der Waals surface area contributed by atoms with Gasteiger partial charge in [0.05, 0.1) is 25.3 Å². The number of rotatable bonds is 15. The molecule has 19 heteroatoms. The van der Waals surface area contributed by atoms with Crippen molar-refractivity contribution in [2.45, 2.75) is 63.0 Å². The maximum absolute atomic E-state index is 13.5. The highest BCUT2D eigenvalue weighted by atomic mass is 32.2. The Bertz CT molecular complexity index is 1410. The summed E-state index contributed by atoms with van der Waals surface area (Å²) in [5.41, 5.74) is 6.80. The monoisotopic (exact) mass is 683 g/mol. The van der Waals surface area contributed by atoms with Gasteiger partial charge in [-0.3, -0.25) is 14.5 Å². The summed E-state index contributed by atoms with van der Waals surface area (Å²) in [6, 6.07) is -0.849. The van der Waals surface area contributed by atoms with Crippen LogP contribution in [-0.2, 0) is 41.6 Å². The lowest BCUT2D eigenvalue weighted by molar-refractivity contribution is -0.169. The molecule has 1 fully saturated rings. The summed E-state index contributed by atoms with van der Waals surface area (Å²) in [4.78, 5) is 59.1. The van der Waals surface area contributed by atoms with Crippen molar-refractivity contribution in [3.05, 3.63) is 22.3 Å². The topological polar surface area (TPSA) is 197 Å². The Labute approximate surface area is 272 Å². The van der Waals surface area contributed by atoms with Gasteiger partial charge in [0.1, 0.15) is 17.1 Å². The van der Waals surface area contributed by atoms with E-state index in [1.807, 2.05) is 32.8 Å². The van der Waals surface area contributed by atoms with Gasteiger partial charge in [0, 0.05) is 30.4 Å². The first-order valence-electron chi connectivity index (χ1n) is 14.2. The van der Waals surface area contributed by atoms with Crippen molar-refractivity contribution >= 4 is 63.9 Å². The van der Waals surface area contributed by atoms with E-state index in [4.69, 9.17) is 19.9 Å². The molecule has 2 aliphatic heterocycles.